The maximum atomic E-state index is 11.8. The monoisotopic (exact) mass is 238 g/mol. The lowest BCUT2D eigenvalue weighted by Gasteiger charge is -2.36. The van der Waals surface area contributed by atoms with Gasteiger partial charge in [0.05, 0.1) is 13.1 Å². The fraction of sp³-hybridized carbons (Fsp3) is 0.667. The van der Waals surface area contributed by atoms with Crippen molar-refractivity contribution in [2.24, 2.45) is 5.92 Å². The molecule has 0 spiro atoms. The minimum Gasteiger partial charge on any atom is -0.480 e. The number of carbonyl (C=O) groups excluding carboxylic acids is 1. The van der Waals surface area contributed by atoms with Gasteiger partial charge in [-0.3, -0.25) is 10.1 Å². The van der Waals surface area contributed by atoms with Crippen LogP contribution in [0, 0.1) is 18.3 Å². The van der Waals surface area contributed by atoms with Gasteiger partial charge in [0.2, 0.25) is 5.91 Å². The Kier molecular flexibility index (Phi) is 4.98. The van der Waals surface area contributed by atoms with E-state index in [2.05, 4.69) is 11.2 Å². The second-order valence-electron chi connectivity index (χ2n) is 4.38. The van der Waals surface area contributed by atoms with E-state index in [1.54, 1.807) is 0 Å². The second-order valence-corrected chi connectivity index (χ2v) is 4.38. The summed E-state index contributed by atoms with van der Waals surface area (Å²) in [6, 6.07) is -0.695. The molecular weight excluding hydrogens is 220 g/mol. The van der Waals surface area contributed by atoms with Crippen molar-refractivity contribution < 1.29 is 14.7 Å². The Morgan fingerprint density at radius 1 is 1.59 bits per heavy atom. The van der Waals surface area contributed by atoms with Crippen LogP contribution in [0.5, 0.6) is 0 Å². The topological polar surface area (TPSA) is 69.6 Å². The van der Waals surface area contributed by atoms with Gasteiger partial charge in [-0.1, -0.05) is 12.8 Å². The van der Waals surface area contributed by atoms with E-state index >= 15 is 0 Å². The predicted octanol–water partition coefficient (Wildman–Crippen LogP) is -0.0791. The van der Waals surface area contributed by atoms with Gasteiger partial charge < -0.3 is 10.0 Å². The van der Waals surface area contributed by atoms with Gasteiger partial charge in [0, 0.05) is 6.54 Å². The second kappa shape index (κ2) is 6.26. The van der Waals surface area contributed by atoms with Gasteiger partial charge >= 0.3 is 5.97 Å². The van der Waals surface area contributed by atoms with Crippen molar-refractivity contribution in [1.82, 2.24) is 10.2 Å². The normalized spacial score (nSPS) is 24.1. The number of hydrogen-bond donors (Lipinski definition) is 2. The van der Waals surface area contributed by atoms with E-state index in [1.807, 2.05) is 6.92 Å². The number of likely N-dealkylation sites (tertiary alicyclic amines) is 1. The van der Waals surface area contributed by atoms with Gasteiger partial charge in [-0.15, -0.1) is 6.42 Å². The van der Waals surface area contributed by atoms with Gasteiger partial charge in [-0.2, -0.15) is 0 Å². The summed E-state index contributed by atoms with van der Waals surface area (Å²) < 4.78 is 0. The number of rotatable bonds is 4. The molecule has 5 nitrogen and oxygen atoms in total. The zero-order valence-electron chi connectivity index (χ0n) is 9.98. The first-order valence-corrected chi connectivity index (χ1v) is 5.72. The summed E-state index contributed by atoms with van der Waals surface area (Å²) in [4.78, 5) is 24.4. The summed E-state index contributed by atoms with van der Waals surface area (Å²) in [5, 5.41) is 11.9. The number of nitrogens with zero attached hydrogens (tertiary/aromatic N) is 1. The van der Waals surface area contributed by atoms with Crippen LogP contribution < -0.4 is 5.32 Å². The summed E-state index contributed by atoms with van der Waals surface area (Å²) in [6.45, 7) is 2.93. The number of carboxylic acid groups (broad SMARTS) is 1. The van der Waals surface area contributed by atoms with Crippen LogP contribution in [-0.2, 0) is 9.59 Å². The van der Waals surface area contributed by atoms with E-state index in [0.29, 0.717) is 25.4 Å². The Morgan fingerprint density at radius 3 is 2.88 bits per heavy atom. The number of hydrogen-bond acceptors (Lipinski definition) is 3. The van der Waals surface area contributed by atoms with Gasteiger partial charge in [0.1, 0.15) is 6.04 Å². The first-order chi connectivity index (χ1) is 8.06. The highest BCUT2D eigenvalue weighted by Gasteiger charge is 2.34. The summed E-state index contributed by atoms with van der Waals surface area (Å²) >= 11 is 0. The van der Waals surface area contributed by atoms with Crippen LogP contribution in [0.3, 0.4) is 0 Å². The van der Waals surface area contributed by atoms with E-state index in [-0.39, 0.29) is 12.5 Å². The molecule has 0 aliphatic carbocycles. The van der Waals surface area contributed by atoms with E-state index in [0.717, 1.165) is 6.42 Å². The molecule has 17 heavy (non-hydrogen) atoms. The fourth-order valence-corrected chi connectivity index (χ4v) is 2.02. The van der Waals surface area contributed by atoms with Crippen LogP contribution in [-0.4, -0.2) is 47.6 Å². The highest BCUT2D eigenvalue weighted by Crippen LogP contribution is 2.22. The molecule has 1 amide bonds. The lowest BCUT2D eigenvalue weighted by atomic mass is 9.92. The third kappa shape index (κ3) is 3.75. The summed E-state index contributed by atoms with van der Waals surface area (Å²) in [7, 11) is 0. The zero-order valence-corrected chi connectivity index (χ0v) is 9.98. The molecule has 1 rings (SSSR count). The Balaban J connectivity index is 2.57. The molecule has 1 fully saturated rings. The molecular formula is C12H18N2O3. The van der Waals surface area contributed by atoms with Crippen molar-refractivity contribution in [2.75, 3.05) is 19.6 Å². The average Bonchev–Trinajstić information content (AvgIpc) is 2.29. The van der Waals surface area contributed by atoms with Gasteiger partial charge in [-0.25, -0.2) is 4.79 Å². The molecule has 0 radical (unpaired) electrons. The third-order valence-corrected chi connectivity index (χ3v) is 2.97. The largest absolute Gasteiger partial charge is 0.480 e. The minimum atomic E-state index is -0.929. The Morgan fingerprint density at radius 2 is 2.29 bits per heavy atom. The van der Waals surface area contributed by atoms with Gasteiger partial charge in [0.15, 0.2) is 0 Å². The SMILES string of the molecule is C#CCNCC(=O)N1CCC(C)CC1C(=O)O. The molecule has 1 saturated heterocycles. The molecule has 0 bridgehead atoms. The molecule has 1 heterocycles. The van der Waals surface area contributed by atoms with Crippen LogP contribution in [0.25, 0.3) is 0 Å². The fourth-order valence-electron chi connectivity index (χ4n) is 2.02. The summed E-state index contributed by atoms with van der Waals surface area (Å²) in [6.07, 6.45) is 6.43. The number of terminal acetylenes is 1. The minimum absolute atomic E-state index is 0.0996. The smallest absolute Gasteiger partial charge is 0.326 e. The highest BCUT2D eigenvalue weighted by atomic mass is 16.4. The first kappa shape index (κ1) is 13.5. The quantitative estimate of drug-likeness (QED) is 0.531. The molecule has 0 aromatic rings. The number of carboxylic acids is 1. The molecule has 2 N–H and O–H groups in total. The molecule has 2 atom stereocenters. The third-order valence-electron chi connectivity index (χ3n) is 2.97. The first-order valence-electron chi connectivity index (χ1n) is 5.72. The molecule has 1 aliphatic rings. The number of amides is 1. The Bertz CT molecular complexity index is 335. The van der Waals surface area contributed by atoms with Crippen LogP contribution in [0.4, 0.5) is 0 Å². The highest BCUT2D eigenvalue weighted by molar-refractivity contribution is 5.85. The van der Waals surface area contributed by atoms with Crippen molar-refractivity contribution in [1.29, 1.82) is 0 Å². The Labute approximate surface area is 101 Å². The molecule has 0 aromatic heterocycles. The molecule has 2 unspecified atom stereocenters. The predicted molar refractivity (Wildman–Crippen MR) is 63.2 cm³/mol. The number of carbonyl (C=O) groups is 2. The molecule has 0 saturated carbocycles. The standard InChI is InChI=1S/C12H18N2O3/c1-3-5-13-8-11(15)14-6-4-9(2)7-10(14)12(16)17/h1,9-10,13H,4-8H2,2H3,(H,16,17). The molecule has 5 heteroatoms. The summed E-state index contributed by atoms with van der Waals surface area (Å²) in [5.41, 5.74) is 0. The molecule has 0 aromatic carbocycles. The van der Waals surface area contributed by atoms with Crippen LogP contribution in [0.15, 0.2) is 0 Å². The van der Waals surface area contributed by atoms with Crippen molar-refractivity contribution >= 4 is 11.9 Å². The number of nitrogens with one attached hydrogen (secondary N) is 1. The maximum absolute atomic E-state index is 11.8. The molecule has 1 aliphatic heterocycles. The lowest BCUT2D eigenvalue weighted by Crippen LogP contribution is -2.52. The van der Waals surface area contributed by atoms with Crippen molar-refractivity contribution in [3.05, 3.63) is 0 Å². The number of aliphatic carboxylic acids is 1. The summed E-state index contributed by atoms with van der Waals surface area (Å²) in [5.74, 6) is 1.59. The van der Waals surface area contributed by atoms with Crippen LogP contribution in [0.2, 0.25) is 0 Å². The van der Waals surface area contributed by atoms with Crippen LogP contribution in [0.1, 0.15) is 19.8 Å². The van der Waals surface area contributed by atoms with E-state index in [1.165, 1.54) is 4.90 Å². The van der Waals surface area contributed by atoms with Gasteiger partial charge in [-0.05, 0) is 18.8 Å². The van der Waals surface area contributed by atoms with E-state index in [9.17, 15) is 9.59 Å². The molecule has 94 valence electrons. The van der Waals surface area contributed by atoms with Crippen molar-refractivity contribution in [3.8, 4) is 12.3 Å². The van der Waals surface area contributed by atoms with Crippen molar-refractivity contribution in [3.63, 3.8) is 0 Å². The zero-order chi connectivity index (χ0) is 12.8. The lowest BCUT2D eigenvalue weighted by molar-refractivity contribution is -0.152. The average molecular weight is 238 g/mol. The Hall–Kier alpha value is -1.54. The van der Waals surface area contributed by atoms with Crippen molar-refractivity contribution in [2.45, 2.75) is 25.8 Å². The van der Waals surface area contributed by atoms with Gasteiger partial charge in [0.25, 0.3) is 0 Å². The van der Waals surface area contributed by atoms with E-state index in [4.69, 9.17) is 11.5 Å². The number of piperidine rings is 1. The maximum Gasteiger partial charge on any atom is 0.326 e. The van der Waals surface area contributed by atoms with Crippen LogP contribution >= 0.6 is 0 Å². The van der Waals surface area contributed by atoms with E-state index < -0.39 is 12.0 Å².